The van der Waals surface area contributed by atoms with Gasteiger partial charge in [-0.15, -0.1) is 0 Å². The number of nitrogens with one attached hydrogen (secondary N) is 2. The molecular formula is C14H27N3O4. The third kappa shape index (κ3) is 4.61. The summed E-state index contributed by atoms with van der Waals surface area (Å²) in [5.74, 6) is -1.58. The first-order valence-electron chi connectivity index (χ1n) is 6.98. The van der Waals surface area contributed by atoms with Crippen molar-refractivity contribution in [3.8, 4) is 0 Å². The van der Waals surface area contributed by atoms with E-state index in [1.54, 1.807) is 13.8 Å². The lowest BCUT2D eigenvalue weighted by Crippen LogP contribution is -2.62. The quantitative estimate of drug-likeness (QED) is 0.562. The fraction of sp³-hybridized carbons (Fsp3) is 0.786. The van der Waals surface area contributed by atoms with Crippen molar-refractivity contribution in [2.45, 2.75) is 59.5 Å². The van der Waals surface area contributed by atoms with Crippen LogP contribution in [-0.4, -0.2) is 34.6 Å². The van der Waals surface area contributed by atoms with Crippen molar-refractivity contribution >= 4 is 17.9 Å². The average Bonchev–Trinajstić information content (AvgIpc) is 2.33. The highest BCUT2D eigenvalue weighted by atomic mass is 16.4. The molecule has 2 unspecified atom stereocenters. The van der Waals surface area contributed by atoms with Crippen molar-refractivity contribution in [1.82, 2.24) is 10.6 Å². The molecule has 7 heteroatoms. The van der Waals surface area contributed by atoms with E-state index in [2.05, 4.69) is 10.6 Å². The highest BCUT2D eigenvalue weighted by molar-refractivity contribution is 5.88. The van der Waals surface area contributed by atoms with Gasteiger partial charge in [-0.3, -0.25) is 9.59 Å². The minimum atomic E-state index is -1.17. The average molecular weight is 301 g/mol. The molecule has 2 atom stereocenters. The predicted molar refractivity (Wildman–Crippen MR) is 79.6 cm³/mol. The largest absolute Gasteiger partial charge is 0.481 e. The number of nitrogens with two attached hydrogens (primary N) is 1. The fourth-order valence-electron chi connectivity index (χ4n) is 1.66. The van der Waals surface area contributed by atoms with Crippen molar-refractivity contribution in [3.63, 3.8) is 0 Å². The number of carbonyl (C=O) groups is 3. The van der Waals surface area contributed by atoms with Crippen LogP contribution in [0.15, 0.2) is 0 Å². The van der Waals surface area contributed by atoms with Gasteiger partial charge < -0.3 is 21.5 Å². The van der Waals surface area contributed by atoms with Crippen molar-refractivity contribution in [2.75, 3.05) is 0 Å². The molecule has 0 fully saturated rings. The van der Waals surface area contributed by atoms with Gasteiger partial charge in [0.2, 0.25) is 5.91 Å². The monoisotopic (exact) mass is 301 g/mol. The SMILES string of the molecule is CCC(C)C(NC(N)=O)C(=O)NC(C)(C)C(C)(C)C(=O)O. The van der Waals surface area contributed by atoms with E-state index in [1.165, 1.54) is 13.8 Å². The van der Waals surface area contributed by atoms with Crippen LogP contribution in [0.3, 0.4) is 0 Å². The summed E-state index contributed by atoms with van der Waals surface area (Å²) in [6.07, 6.45) is 0.668. The van der Waals surface area contributed by atoms with Crippen molar-refractivity contribution in [2.24, 2.45) is 17.1 Å². The van der Waals surface area contributed by atoms with E-state index in [4.69, 9.17) is 5.73 Å². The van der Waals surface area contributed by atoms with Gasteiger partial charge in [0.25, 0.3) is 0 Å². The van der Waals surface area contributed by atoms with E-state index in [1.807, 2.05) is 13.8 Å². The number of primary amides is 1. The van der Waals surface area contributed by atoms with Crippen LogP contribution in [-0.2, 0) is 9.59 Å². The number of rotatable bonds is 7. The molecule has 0 radical (unpaired) electrons. The topological polar surface area (TPSA) is 122 Å². The molecule has 0 bridgehead atoms. The Kier molecular flexibility index (Phi) is 6.20. The highest BCUT2D eigenvalue weighted by Crippen LogP contribution is 2.31. The molecule has 21 heavy (non-hydrogen) atoms. The Morgan fingerprint density at radius 2 is 1.67 bits per heavy atom. The second kappa shape index (κ2) is 6.78. The molecular weight excluding hydrogens is 274 g/mol. The van der Waals surface area contributed by atoms with Crippen LogP contribution in [0.25, 0.3) is 0 Å². The maximum atomic E-state index is 12.4. The summed E-state index contributed by atoms with van der Waals surface area (Å²) in [4.78, 5) is 34.8. The zero-order valence-corrected chi connectivity index (χ0v) is 13.6. The van der Waals surface area contributed by atoms with Gasteiger partial charge in [0.1, 0.15) is 6.04 Å². The third-order valence-electron chi connectivity index (χ3n) is 4.33. The lowest BCUT2D eigenvalue weighted by atomic mass is 9.74. The van der Waals surface area contributed by atoms with Crippen LogP contribution in [0, 0.1) is 11.3 Å². The predicted octanol–water partition coefficient (Wildman–Crippen LogP) is 1.08. The number of hydrogen-bond acceptors (Lipinski definition) is 3. The van der Waals surface area contributed by atoms with E-state index in [0.29, 0.717) is 6.42 Å². The van der Waals surface area contributed by atoms with E-state index in [-0.39, 0.29) is 5.92 Å². The molecule has 0 aliphatic carbocycles. The van der Waals surface area contributed by atoms with Crippen LogP contribution >= 0.6 is 0 Å². The summed E-state index contributed by atoms with van der Waals surface area (Å²) < 4.78 is 0. The van der Waals surface area contributed by atoms with Crippen LogP contribution in [0.1, 0.15) is 48.0 Å². The number of urea groups is 1. The maximum Gasteiger partial charge on any atom is 0.312 e. The van der Waals surface area contributed by atoms with Gasteiger partial charge in [-0.1, -0.05) is 20.3 Å². The number of carboxylic acid groups (broad SMARTS) is 1. The minimum Gasteiger partial charge on any atom is -0.481 e. The number of hydrogen-bond donors (Lipinski definition) is 4. The first kappa shape index (κ1) is 19.2. The van der Waals surface area contributed by atoms with Gasteiger partial charge in [-0.05, 0) is 33.6 Å². The molecule has 0 spiro atoms. The fourth-order valence-corrected chi connectivity index (χ4v) is 1.66. The molecule has 0 aromatic carbocycles. The lowest BCUT2D eigenvalue weighted by Gasteiger charge is -2.40. The van der Waals surface area contributed by atoms with Crippen LogP contribution in [0.5, 0.6) is 0 Å². The Balaban J connectivity index is 5.22. The van der Waals surface area contributed by atoms with E-state index in [0.717, 1.165) is 0 Å². The Morgan fingerprint density at radius 1 is 1.19 bits per heavy atom. The number of carbonyl (C=O) groups excluding carboxylic acids is 2. The smallest absolute Gasteiger partial charge is 0.312 e. The third-order valence-corrected chi connectivity index (χ3v) is 4.33. The first-order valence-corrected chi connectivity index (χ1v) is 6.98. The van der Waals surface area contributed by atoms with Crippen molar-refractivity contribution in [3.05, 3.63) is 0 Å². The Morgan fingerprint density at radius 3 is 2.00 bits per heavy atom. The summed E-state index contributed by atoms with van der Waals surface area (Å²) in [6.45, 7) is 10.0. The minimum absolute atomic E-state index is 0.124. The Hall–Kier alpha value is -1.79. The van der Waals surface area contributed by atoms with Crippen LogP contribution in [0.2, 0.25) is 0 Å². The second-order valence-corrected chi connectivity index (χ2v) is 6.42. The molecule has 0 heterocycles. The molecule has 0 saturated heterocycles. The van der Waals surface area contributed by atoms with Gasteiger partial charge in [-0.25, -0.2) is 4.79 Å². The maximum absolute atomic E-state index is 12.4. The van der Waals surface area contributed by atoms with E-state index < -0.39 is 34.9 Å². The van der Waals surface area contributed by atoms with Crippen LogP contribution < -0.4 is 16.4 Å². The molecule has 122 valence electrons. The van der Waals surface area contributed by atoms with Gasteiger partial charge in [0, 0.05) is 0 Å². The normalized spacial score (nSPS) is 15.0. The standard InChI is InChI=1S/C14H27N3O4/c1-7-8(2)9(16-12(15)21)10(18)17-14(5,6)13(3,4)11(19)20/h8-9H,7H2,1-6H3,(H,17,18)(H,19,20)(H3,15,16,21). The lowest BCUT2D eigenvalue weighted by molar-refractivity contribution is -0.152. The zero-order chi connectivity index (χ0) is 17.0. The molecule has 0 aliphatic rings. The van der Waals surface area contributed by atoms with Gasteiger partial charge >= 0.3 is 12.0 Å². The summed E-state index contributed by atoms with van der Waals surface area (Å²) >= 11 is 0. The van der Waals surface area contributed by atoms with Crippen molar-refractivity contribution < 1.29 is 19.5 Å². The molecule has 0 aromatic heterocycles. The van der Waals surface area contributed by atoms with Crippen molar-refractivity contribution in [1.29, 1.82) is 0 Å². The molecule has 0 rings (SSSR count). The number of aliphatic carboxylic acids is 1. The summed E-state index contributed by atoms with van der Waals surface area (Å²) in [6, 6.07) is -1.58. The van der Waals surface area contributed by atoms with E-state index in [9.17, 15) is 19.5 Å². The summed E-state index contributed by atoms with van der Waals surface area (Å²) in [7, 11) is 0. The number of amides is 3. The van der Waals surface area contributed by atoms with Gasteiger partial charge in [0.15, 0.2) is 0 Å². The van der Waals surface area contributed by atoms with Crippen LogP contribution in [0.4, 0.5) is 4.79 Å². The number of carboxylic acids is 1. The Labute approximate surface area is 125 Å². The van der Waals surface area contributed by atoms with E-state index >= 15 is 0 Å². The molecule has 5 N–H and O–H groups in total. The molecule has 0 aromatic rings. The highest BCUT2D eigenvalue weighted by Gasteiger charge is 2.45. The molecule has 7 nitrogen and oxygen atoms in total. The summed E-state index contributed by atoms with van der Waals surface area (Å²) in [5.41, 5.74) is 2.93. The molecule has 0 aliphatic heterocycles. The zero-order valence-electron chi connectivity index (χ0n) is 13.6. The van der Waals surface area contributed by atoms with Gasteiger partial charge in [0.05, 0.1) is 11.0 Å². The second-order valence-electron chi connectivity index (χ2n) is 6.42. The first-order chi connectivity index (χ1) is 9.36. The summed E-state index contributed by atoms with van der Waals surface area (Å²) in [5, 5.41) is 14.4. The van der Waals surface area contributed by atoms with Gasteiger partial charge in [-0.2, -0.15) is 0 Å². The molecule has 0 saturated carbocycles. The Bertz CT molecular complexity index is 418. The molecule has 3 amide bonds.